The van der Waals surface area contributed by atoms with Crippen LogP contribution in [0.1, 0.15) is 58.2 Å². The lowest BCUT2D eigenvalue weighted by Gasteiger charge is -2.34. The Hall–Kier alpha value is -2.28. The Morgan fingerprint density at radius 2 is 1.97 bits per heavy atom. The largest absolute Gasteiger partial charge is 0.470 e. The van der Waals surface area contributed by atoms with Gasteiger partial charge in [-0.25, -0.2) is 13.9 Å². The van der Waals surface area contributed by atoms with E-state index in [4.69, 9.17) is 21.1 Å². The normalized spacial score (nSPS) is 16.6. The molecule has 29 heavy (non-hydrogen) atoms. The number of hydrogen-bond donors (Lipinski definition) is 0. The molecule has 0 N–H and O–H groups in total. The van der Waals surface area contributed by atoms with Crippen molar-refractivity contribution in [3.63, 3.8) is 0 Å². The summed E-state index contributed by atoms with van der Waals surface area (Å²) in [7, 11) is 0. The van der Waals surface area contributed by atoms with Gasteiger partial charge in [-0.2, -0.15) is 5.10 Å². The number of piperidine rings is 1. The highest BCUT2D eigenvalue weighted by Gasteiger charge is 2.29. The summed E-state index contributed by atoms with van der Waals surface area (Å²) in [6.45, 7) is 8.52. The molecule has 6 nitrogen and oxygen atoms in total. The van der Waals surface area contributed by atoms with Crippen LogP contribution in [0, 0.1) is 5.82 Å². The predicted octanol–water partition coefficient (Wildman–Crippen LogP) is 5.39. The summed E-state index contributed by atoms with van der Waals surface area (Å²) in [5, 5.41) is 4.74. The van der Waals surface area contributed by atoms with Crippen molar-refractivity contribution in [1.82, 2.24) is 14.7 Å². The number of aromatic nitrogens is 2. The van der Waals surface area contributed by atoms with E-state index in [0.717, 1.165) is 12.8 Å². The van der Waals surface area contributed by atoms with E-state index in [-0.39, 0.29) is 12.1 Å². The molecule has 1 aromatic carbocycles. The lowest BCUT2D eigenvalue weighted by atomic mass is 10.1. The average molecular weight is 424 g/mol. The van der Waals surface area contributed by atoms with E-state index < -0.39 is 17.5 Å². The molecule has 2 aromatic rings. The molecule has 1 fully saturated rings. The van der Waals surface area contributed by atoms with Gasteiger partial charge in [-0.05, 0) is 52.7 Å². The van der Waals surface area contributed by atoms with Crippen LogP contribution in [0.15, 0.2) is 30.5 Å². The second-order valence-electron chi connectivity index (χ2n) is 8.24. The van der Waals surface area contributed by atoms with Crippen LogP contribution in [0.4, 0.5) is 9.18 Å². The van der Waals surface area contributed by atoms with E-state index in [0.29, 0.717) is 29.6 Å². The molecular formula is C21H27ClFN3O3. The van der Waals surface area contributed by atoms with Gasteiger partial charge in [0.25, 0.3) is 0 Å². The number of carbonyl (C=O) groups excluding carboxylic acids is 1. The zero-order valence-electron chi connectivity index (χ0n) is 17.2. The highest BCUT2D eigenvalue weighted by molar-refractivity contribution is 6.30. The number of halogens is 2. The van der Waals surface area contributed by atoms with Crippen LogP contribution in [0.5, 0.6) is 5.88 Å². The maximum absolute atomic E-state index is 14.2. The van der Waals surface area contributed by atoms with Crippen LogP contribution in [-0.4, -0.2) is 39.5 Å². The summed E-state index contributed by atoms with van der Waals surface area (Å²) >= 11 is 5.83. The fourth-order valence-electron chi connectivity index (χ4n) is 3.36. The first-order valence-electron chi connectivity index (χ1n) is 9.77. The van der Waals surface area contributed by atoms with E-state index in [1.807, 2.05) is 25.5 Å². The van der Waals surface area contributed by atoms with E-state index in [1.165, 1.54) is 6.07 Å². The smallest absolute Gasteiger partial charge is 0.410 e. The van der Waals surface area contributed by atoms with E-state index in [9.17, 15) is 9.18 Å². The molecular weight excluding hydrogens is 397 g/mol. The molecule has 0 saturated carbocycles. The van der Waals surface area contributed by atoms with Crippen molar-refractivity contribution in [2.24, 2.45) is 0 Å². The minimum atomic E-state index is -0.510. The third-order valence-electron chi connectivity index (χ3n) is 4.79. The molecule has 0 aliphatic carbocycles. The van der Waals surface area contributed by atoms with Gasteiger partial charge in [-0.3, -0.25) is 0 Å². The lowest BCUT2D eigenvalue weighted by molar-refractivity contribution is 0.0181. The monoisotopic (exact) mass is 423 g/mol. The molecule has 0 unspecified atom stereocenters. The summed E-state index contributed by atoms with van der Waals surface area (Å²) in [5.74, 6) is 0.171. The van der Waals surface area contributed by atoms with E-state index >= 15 is 0 Å². The summed E-state index contributed by atoms with van der Waals surface area (Å²) < 4.78 is 27.4. The first kappa shape index (κ1) is 21.4. The molecule has 1 atom stereocenters. The summed E-state index contributed by atoms with van der Waals surface area (Å²) in [6, 6.07) is 6.41. The Bertz CT molecular complexity index is 857. The van der Waals surface area contributed by atoms with Crippen LogP contribution in [-0.2, 0) is 4.74 Å². The number of benzene rings is 1. The third kappa shape index (κ3) is 5.41. The number of nitrogens with zero attached hydrogens (tertiary/aromatic N) is 3. The third-order valence-corrected chi connectivity index (χ3v) is 5.03. The van der Waals surface area contributed by atoms with Gasteiger partial charge >= 0.3 is 6.09 Å². The van der Waals surface area contributed by atoms with Crippen molar-refractivity contribution in [2.75, 3.05) is 13.1 Å². The van der Waals surface area contributed by atoms with Crippen LogP contribution in [0.3, 0.4) is 0 Å². The quantitative estimate of drug-likeness (QED) is 0.661. The van der Waals surface area contributed by atoms with Gasteiger partial charge in [0.15, 0.2) is 0 Å². The average Bonchev–Trinajstić information content (AvgIpc) is 3.08. The number of carbonyl (C=O) groups is 1. The second-order valence-corrected chi connectivity index (χ2v) is 8.67. The molecule has 2 heterocycles. The first-order chi connectivity index (χ1) is 13.6. The van der Waals surface area contributed by atoms with E-state index in [1.54, 1.807) is 36.2 Å². The molecule has 1 amide bonds. The van der Waals surface area contributed by atoms with Gasteiger partial charge in [0, 0.05) is 29.7 Å². The van der Waals surface area contributed by atoms with Crippen LogP contribution in [0.25, 0.3) is 0 Å². The minimum Gasteiger partial charge on any atom is -0.470 e. The highest BCUT2D eigenvalue weighted by Crippen LogP contribution is 2.30. The molecule has 0 bridgehead atoms. The predicted molar refractivity (Wildman–Crippen MR) is 109 cm³/mol. The van der Waals surface area contributed by atoms with E-state index in [2.05, 4.69) is 5.10 Å². The molecule has 0 spiro atoms. The number of amides is 1. The van der Waals surface area contributed by atoms with Crippen LogP contribution < -0.4 is 4.74 Å². The SMILES string of the molecule is C[C@@H](Oc1ccnn1C1CCN(C(=O)OC(C)(C)C)CC1)c1ccc(Cl)cc1F. The Morgan fingerprint density at radius 1 is 1.28 bits per heavy atom. The van der Waals surface area contributed by atoms with Crippen molar-refractivity contribution in [2.45, 2.75) is 58.3 Å². The van der Waals surface area contributed by atoms with Gasteiger partial charge < -0.3 is 14.4 Å². The fourth-order valence-corrected chi connectivity index (χ4v) is 3.52. The zero-order valence-corrected chi connectivity index (χ0v) is 17.9. The standard InChI is InChI=1S/C21H27ClFN3O3/c1-14(17-6-5-15(22)13-18(17)23)28-19-7-10-24-26(19)16-8-11-25(12-9-16)20(27)29-21(2,3)4/h5-7,10,13-14,16H,8-9,11-12H2,1-4H3/t14-/m1/s1. The number of rotatable bonds is 4. The van der Waals surface area contributed by atoms with Crippen molar-refractivity contribution in [3.05, 3.63) is 46.9 Å². The first-order valence-corrected chi connectivity index (χ1v) is 10.1. The van der Waals surface area contributed by atoms with Gasteiger partial charge in [-0.15, -0.1) is 0 Å². The van der Waals surface area contributed by atoms with Gasteiger partial charge in [0.1, 0.15) is 17.5 Å². The number of ether oxygens (including phenoxy) is 2. The molecule has 1 aliphatic heterocycles. The Labute approximate surface area is 175 Å². The molecule has 0 radical (unpaired) electrons. The van der Waals surface area contributed by atoms with Gasteiger partial charge in [0.05, 0.1) is 12.2 Å². The van der Waals surface area contributed by atoms with Crippen molar-refractivity contribution >= 4 is 17.7 Å². The summed E-state index contributed by atoms with van der Waals surface area (Å²) in [5.41, 5.74) is -0.0776. The van der Waals surface area contributed by atoms with Crippen molar-refractivity contribution in [3.8, 4) is 5.88 Å². The summed E-state index contributed by atoms with van der Waals surface area (Å²) in [6.07, 6.45) is 2.35. The molecule has 8 heteroatoms. The van der Waals surface area contributed by atoms with Crippen molar-refractivity contribution < 1.29 is 18.7 Å². The fraction of sp³-hybridized carbons (Fsp3) is 0.524. The van der Waals surface area contributed by atoms with Gasteiger partial charge in [0.2, 0.25) is 5.88 Å². The highest BCUT2D eigenvalue weighted by atomic mass is 35.5. The van der Waals surface area contributed by atoms with Gasteiger partial charge in [-0.1, -0.05) is 17.7 Å². The molecule has 1 aromatic heterocycles. The summed E-state index contributed by atoms with van der Waals surface area (Å²) in [4.78, 5) is 14.0. The Balaban J connectivity index is 1.63. The van der Waals surface area contributed by atoms with Crippen LogP contribution >= 0.6 is 11.6 Å². The number of likely N-dealkylation sites (tertiary alicyclic amines) is 1. The van der Waals surface area contributed by atoms with Crippen LogP contribution in [0.2, 0.25) is 5.02 Å². The zero-order chi connectivity index (χ0) is 21.2. The minimum absolute atomic E-state index is 0.0981. The number of hydrogen-bond acceptors (Lipinski definition) is 4. The molecule has 158 valence electrons. The Kier molecular flexibility index (Phi) is 6.36. The maximum atomic E-state index is 14.2. The second kappa shape index (κ2) is 8.61. The molecule has 3 rings (SSSR count). The molecule has 1 saturated heterocycles. The lowest BCUT2D eigenvalue weighted by Crippen LogP contribution is -2.42. The Morgan fingerprint density at radius 3 is 2.59 bits per heavy atom. The topological polar surface area (TPSA) is 56.6 Å². The van der Waals surface area contributed by atoms with Crippen molar-refractivity contribution in [1.29, 1.82) is 0 Å². The molecule has 1 aliphatic rings. The maximum Gasteiger partial charge on any atom is 0.410 e.